The Hall–Kier alpha value is -2.67. The molecule has 1 aliphatic heterocycles. The lowest BCUT2D eigenvalue weighted by Gasteiger charge is -2.29. The van der Waals surface area contributed by atoms with Crippen LogP contribution in [0.1, 0.15) is 50.6 Å². The molecule has 7 nitrogen and oxygen atoms in total. The van der Waals surface area contributed by atoms with Crippen LogP contribution in [0.3, 0.4) is 0 Å². The summed E-state index contributed by atoms with van der Waals surface area (Å²) in [5.74, 6) is 0.504. The first kappa shape index (κ1) is 18.1. The molecule has 1 aromatic carbocycles. The van der Waals surface area contributed by atoms with Gasteiger partial charge in [0.25, 0.3) is 5.89 Å². The van der Waals surface area contributed by atoms with Crippen LogP contribution in [0.25, 0.3) is 5.57 Å². The van der Waals surface area contributed by atoms with Gasteiger partial charge in [-0.05, 0) is 32.8 Å². The fourth-order valence-corrected chi connectivity index (χ4v) is 2.64. The standard InChI is InChI=1S/C19H23N3O4/c1-19(2,3)25-18(24)22-11-7-10-14(12-22)17-20-16(21-26-17)15(23)13-8-5-4-6-9-13/h4-6,8-10,15,23H,7,11-12H2,1-3H3. The van der Waals surface area contributed by atoms with Crippen molar-refractivity contribution in [3.05, 3.63) is 53.7 Å². The second-order valence-corrected chi connectivity index (χ2v) is 7.19. The molecule has 0 bridgehead atoms. The molecule has 0 radical (unpaired) electrons. The van der Waals surface area contributed by atoms with Crippen LogP contribution in [0.4, 0.5) is 4.79 Å². The number of benzene rings is 1. The number of carbonyl (C=O) groups is 1. The molecule has 1 aliphatic rings. The van der Waals surface area contributed by atoms with Gasteiger partial charge in [0.15, 0.2) is 0 Å². The van der Waals surface area contributed by atoms with E-state index in [1.54, 1.807) is 17.0 Å². The number of hydrogen-bond donors (Lipinski definition) is 1. The zero-order chi connectivity index (χ0) is 18.7. The molecule has 7 heteroatoms. The van der Waals surface area contributed by atoms with E-state index in [9.17, 15) is 9.90 Å². The molecule has 1 aromatic heterocycles. The maximum atomic E-state index is 12.3. The lowest BCUT2D eigenvalue weighted by molar-refractivity contribution is 0.0272. The first-order valence-corrected chi connectivity index (χ1v) is 8.57. The summed E-state index contributed by atoms with van der Waals surface area (Å²) in [4.78, 5) is 18.2. The second kappa shape index (κ2) is 7.29. The first-order valence-electron chi connectivity index (χ1n) is 8.57. The summed E-state index contributed by atoms with van der Waals surface area (Å²) in [5, 5.41) is 14.3. The number of aromatic nitrogens is 2. The predicted molar refractivity (Wildman–Crippen MR) is 95.2 cm³/mol. The van der Waals surface area contributed by atoms with E-state index in [1.807, 2.05) is 45.0 Å². The van der Waals surface area contributed by atoms with E-state index in [2.05, 4.69) is 10.1 Å². The lowest BCUT2D eigenvalue weighted by atomic mass is 10.1. The lowest BCUT2D eigenvalue weighted by Crippen LogP contribution is -2.39. The summed E-state index contributed by atoms with van der Waals surface area (Å²) in [5.41, 5.74) is 0.893. The Morgan fingerprint density at radius 1 is 1.31 bits per heavy atom. The van der Waals surface area contributed by atoms with E-state index in [1.165, 1.54) is 0 Å². The number of nitrogens with zero attached hydrogens (tertiary/aromatic N) is 3. The Morgan fingerprint density at radius 2 is 2.04 bits per heavy atom. The number of amides is 1. The van der Waals surface area contributed by atoms with Gasteiger partial charge in [0.1, 0.15) is 11.7 Å². The van der Waals surface area contributed by atoms with Crippen molar-refractivity contribution >= 4 is 11.7 Å². The molecule has 1 N–H and O–H groups in total. The number of carbonyl (C=O) groups excluding carboxylic acids is 1. The van der Waals surface area contributed by atoms with Gasteiger partial charge in [-0.1, -0.05) is 41.6 Å². The number of rotatable bonds is 3. The molecule has 0 aliphatic carbocycles. The van der Waals surface area contributed by atoms with Crippen molar-refractivity contribution in [2.24, 2.45) is 0 Å². The Labute approximate surface area is 152 Å². The Morgan fingerprint density at radius 3 is 2.73 bits per heavy atom. The second-order valence-electron chi connectivity index (χ2n) is 7.19. The molecule has 3 rings (SSSR count). The first-order chi connectivity index (χ1) is 12.3. The molecule has 0 fully saturated rings. The van der Waals surface area contributed by atoms with Gasteiger partial charge in [-0.2, -0.15) is 4.98 Å². The highest BCUT2D eigenvalue weighted by Crippen LogP contribution is 2.24. The molecule has 1 atom stereocenters. The minimum Gasteiger partial charge on any atom is -0.444 e. The fourth-order valence-electron chi connectivity index (χ4n) is 2.64. The number of hydrogen-bond acceptors (Lipinski definition) is 6. The third kappa shape index (κ3) is 4.29. The van der Waals surface area contributed by atoms with Gasteiger partial charge in [0.05, 0.1) is 6.54 Å². The van der Waals surface area contributed by atoms with E-state index in [4.69, 9.17) is 9.26 Å². The largest absolute Gasteiger partial charge is 0.444 e. The fraction of sp³-hybridized carbons (Fsp3) is 0.421. The van der Waals surface area contributed by atoms with Crippen LogP contribution < -0.4 is 0 Å². The van der Waals surface area contributed by atoms with Crippen LogP contribution in [0.2, 0.25) is 0 Å². The number of aliphatic hydroxyl groups excluding tert-OH is 1. The van der Waals surface area contributed by atoms with Crippen molar-refractivity contribution in [1.29, 1.82) is 0 Å². The van der Waals surface area contributed by atoms with Crippen LogP contribution in [-0.2, 0) is 4.74 Å². The van der Waals surface area contributed by atoms with Crippen molar-refractivity contribution < 1.29 is 19.2 Å². The maximum Gasteiger partial charge on any atom is 0.410 e. The van der Waals surface area contributed by atoms with Crippen molar-refractivity contribution in [2.45, 2.75) is 38.9 Å². The average Bonchev–Trinajstić information content (AvgIpc) is 3.10. The van der Waals surface area contributed by atoms with Crippen LogP contribution in [0.5, 0.6) is 0 Å². The summed E-state index contributed by atoms with van der Waals surface area (Å²) < 4.78 is 10.7. The summed E-state index contributed by atoms with van der Waals surface area (Å²) in [6.45, 7) is 6.41. The minimum absolute atomic E-state index is 0.196. The highest BCUT2D eigenvalue weighted by molar-refractivity contribution is 5.73. The molecule has 0 spiro atoms. The van der Waals surface area contributed by atoms with E-state index < -0.39 is 11.7 Å². The summed E-state index contributed by atoms with van der Waals surface area (Å²) in [7, 11) is 0. The third-order valence-corrected chi connectivity index (χ3v) is 3.88. The van der Waals surface area contributed by atoms with Gasteiger partial charge < -0.3 is 19.3 Å². The molecule has 2 aromatic rings. The van der Waals surface area contributed by atoms with Crippen molar-refractivity contribution in [1.82, 2.24) is 15.0 Å². The van der Waals surface area contributed by atoms with Gasteiger partial charge in [-0.15, -0.1) is 0 Å². The maximum absolute atomic E-state index is 12.3. The topological polar surface area (TPSA) is 88.7 Å². The summed E-state index contributed by atoms with van der Waals surface area (Å²) >= 11 is 0. The molecule has 1 unspecified atom stereocenters. The monoisotopic (exact) mass is 357 g/mol. The predicted octanol–water partition coefficient (Wildman–Crippen LogP) is 3.18. The Balaban J connectivity index is 1.71. The van der Waals surface area contributed by atoms with E-state index in [-0.39, 0.29) is 11.9 Å². The third-order valence-electron chi connectivity index (χ3n) is 3.88. The van der Waals surface area contributed by atoms with Gasteiger partial charge in [0, 0.05) is 12.1 Å². The van der Waals surface area contributed by atoms with Crippen LogP contribution in [0.15, 0.2) is 40.9 Å². The van der Waals surface area contributed by atoms with Gasteiger partial charge in [-0.3, -0.25) is 0 Å². The summed E-state index contributed by atoms with van der Waals surface area (Å²) in [6.07, 6.45) is 1.31. The van der Waals surface area contributed by atoms with Crippen LogP contribution in [0, 0.1) is 0 Å². The van der Waals surface area contributed by atoms with Gasteiger partial charge in [0.2, 0.25) is 5.82 Å². The molecule has 26 heavy (non-hydrogen) atoms. The van der Waals surface area contributed by atoms with Gasteiger partial charge in [-0.25, -0.2) is 4.79 Å². The van der Waals surface area contributed by atoms with E-state index in [0.29, 0.717) is 31.0 Å². The van der Waals surface area contributed by atoms with Crippen LogP contribution >= 0.6 is 0 Å². The highest BCUT2D eigenvalue weighted by atomic mass is 16.6. The number of ether oxygens (including phenoxy) is 1. The minimum atomic E-state index is -0.958. The molecule has 0 saturated carbocycles. The molecule has 0 saturated heterocycles. The number of aliphatic hydroxyl groups is 1. The Kier molecular flexibility index (Phi) is 5.08. The molecule has 138 valence electrons. The van der Waals surface area contributed by atoms with Gasteiger partial charge >= 0.3 is 6.09 Å². The molecular weight excluding hydrogens is 334 g/mol. The quantitative estimate of drug-likeness (QED) is 0.907. The smallest absolute Gasteiger partial charge is 0.410 e. The van der Waals surface area contributed by atoms with Crippen molar-refractivity contribution in [3.63, 3.8) is 0 Å². The molecular formula is C19H23N3O4. The Bertz CT molecular complexity index is 793. The zero-order valence-electron chi connectivity index (χ0n) is 15.2. The SMILES string of the molecule is CC(C)(C)OC(=O)N1CCC=C(c2nc(C(O)c3ccccc3)no2)C1. The molecule has 1 amide bonds. The zero-order valence-corrected chi connectivity index (χ0v) is 15.2. The average molecular weight is 357 g/mol. The normalized spacial score (nSPS) is 16.2. The molecule has 2 heterocycles. The van der Waals surface area contributed by atoms with Crippen LogP contribution in [-0.4, -0.2) is 44.9 Å². The van der Waals surface area contributed by atoms with Crippen molar-refractivity contribution in [2.75, 3.05) is 13.1 Å². The van der Waals surface area contributed by atoms with Crippen molar-refractivity contribution in [3.8, 4) is 0 Å². The van der Waals surface area contributed by atoms with E-state index in [0.717, 1.165) is 5.57 Å². The summed E-state index contributed by atoms with van der Waals surface area (Å²) in [6, 6.07) is 9.13. The van der Waals surface area contributed by atoms with E-state index >= 15 is 0 Å². The highest BCUT2D eigenvalue weighted by Gasteiger charge is 2.27.